The van der Waals surface area contributed by atoms with Crippen LogP contribution in [0.1, 0.15) is 13.8 Å². The largest absolute Gasteiger partial charge is 0.355 e. The van der Waals surface area contributed by atoms with E-state index in [0.717, 1.165) is 11.3 Å². The number of hydrogen-bond donors (Lipinski definition) is 2. The van der Waals surface area contributed by atoms with Crippen LogP contribution in [0.15, 0.2) is 16.3 Å². The fourth-order valence-electron chi connectivity index (χ4n) is 0.624. The van der Waals surface area contributed by atoms with E-state index in [9.17, 15) is 0 Å². The van der Waals surface area contributed by atoms with E-state index in [1.807, 2.05) is 13.8 Å². The second-order valence-corrected chi connectivity index (χ2v) is 2.10. The summed E-state index contributed by atoms with van der Waals surface area (Å²) in [4.78, 5) is 3.72. The zero-order chi connectivity index (χ0) is 6.85. The fourth-order valence-corrected chi connectivity index (χ4v) is 0.624. The van der Waals surface area contributed by atoms with Crippen LogP contribution in [0.25, 0.3) is 0 Å². The smallest absolute Gasteiger partial charge is 0.222 e. The molecule has 0 fully saturated rings. The van der Waals surface area contributed by atoms with Crippen LogP contribution in [-0.4, -0.2) is 17.7 Å². The van der Waals surface area contributed by atoms with Gasteiger partial charge in [-0.25, -0.2) is 4.99 Å². The standard InChI is InChI=1S/C6H10N2O/c1-4-3-7-6(9)8-5(4)2/h3,6,8-9H,1-2H3/t6-/m1/s1. The Morgan fingerprint density at radius 3 is 2.78 bits per heavy atom. The number of nitrogens with zero attached hydrogens (tertiary/aromatic N) is 1. The Morgan fingerprint density at radius 2 is 2.33 bits per heavy atom. The van der Waals surface area contributed by atoms with Gasteiger partial charge in [-0.05, 0) is 19.4 Å². The van der Waals surface area contributed by atoms with E-state index in [0.29, 0.717) is 0 Å². The lowest BCUT2D eigenvalue weighted by atomic mass is 10.2. The summed E-state index contributed by atoms with van der Waals surface area (Å²) in [7, 11) is 0. The number of hydrogen-bond acceptors (Lipinski definition) is 3. The molecule has 0 radical (unpaired) electrons. The van der Waals surface area contributed by atoms with E-state index in [2.05, 4.69) is 10.3 Å². The van der Waals surface area contributed by atoms with Crippen molar-refractivity contribution >= 4 is 6.21 Å². The lowest BCUT2D eigenvalue weighted by Crippen LogP contribution is -2.28. The Morgan fingerprint density at radius 1 is 1.67 bits per heavy atom. The van der Waals surface area contributed by atoms with Crippen molar-refractivity contribution in [2.75, 3.05) is 0 Å². The molecular formula is C6H10N2O. The molecule has 1 atom stereocenters. The van der Waals surface area contributed by atoms with E-state index >= 15 is 0 Å². The van der Waals surface area contributed by atoms with Gasteiger partial charge in [0.1, 0.15) is 0 Å². The molecule has 0 unspecified atom stereocenters. The second-order valence-electron chi connectivity index (χ2n) is 2.10. The van der Waals surface area contributed by atoms with Gasteiger partial charge < -0.3 is 10.4 Å². The molecule has 3 nitrogen and oxygen atoms in total. The number of aliphatic hydroxyl groups is 1. The van der Waals surface area contributed by atoms with Crippen molar-refractivity contribution in [3.8, 4) is 0 Å². The normalized spacial score (nSPS) is 26.3. The summed E-state index contributed by atoms with van der Waals surface area (Å²) in [5, 5.41) is 11.6. The van der Waals surface area contributed by atoms with Crippen LogP contribution in [-0.2, 0) is 0 Å². The Kier molecular flexibility index (Phi) is 1.53. The molecule has 0 saturated carbocycles. The molecule has 2 N–H and O–H groups in total. The van der Waals surface area contributed by atoms with Crippen LogP contribution >= 0.6 is 0 Å². The molecule has 0 saturated heterocycles. The first-order chi connectivity index (χ1) is 4.20. The molecule has 0 aromatic carbocycles. The van der Waals surface area contributed by atoms with Crippen LogP contribution in [0.5, 0.6) is 0 Å². The molecule has 1 rings (SSSR count). The van der Waals surface area contributed by atoms with Gasteiger partial charge in [0.15, 0.2) is 0 Å². The third kappa shape index (κ3) is 1.29. The van der Waals surface area contributed by atoms with Gasteiger partial charge in [0.2, 0.25) is 6.35 Å². The Balaban J connectivity index is 2.75. The van der Waals surface area contributed by atoms with Crippen LogP contribution in [0.2, 0.25) is 0 Å². The molecule has 0 aromatic rings. The SMILES string of the molecule is CC1=C(C)N[C@H](O)N=C1. The summed E-state index contributed by atoms with van der Waals surface area (Å²) in [6.45, 7) is 3.85. The highest BCUT2D eigenvalue weighted by Crippen LogP contribution is 2.02. The second kappa shape index (κ2) is 2.19. The van der Waals surface area contributed by atoms with Crippen molar-refractivity contribution in [1.82, 2.24) is 5.32 Å². The first-order valence-electron chi connectivity index (χ1n) is 2.85. The molecule has 1 aliphatic rings. The summed E-state index contributed by atoms with van der Waals surface area (Å²) >= 11 is 0. The molecule has 0 spiro atoms. The van der Waals surface area contributed by atoms with E-state index in [1.165, 1.54) is 0 Å². The van der Waals surface area contributed by atoms with E-state index < -0.39 is 6.35 Å². The predicted molar refractivity (Wildman–Crippen MR) is 36.0 cm³/mol. The van der Waals surface area contributed by atoms with Crippen LogP contribution in [0.3, 0.4) is 0 Å². The van der Waals surface area contributed by atoms with Crippen molar-refractivity contribution < 1.29 is 5.11 Å². The monoisotopic (exact) mass is 126 g/mol. The Labute approximate surface area is 54.1 Å². The van der Waals surface area contributed by atoms with Crippen molar-refractivity contribution in [2.45, 2.75) is 20.2 Å². The van der Waals surface area contributed by atoms with Crippen molar-refractivity contribution in [3.63, 3.8) is 0 Å². The number of aliphatic hydroxyl groups excluding tert-OH is 1. The molecule has 3 heteroatoms. The lowest BCUT2D eigenvalue weighted by molar-refractivity contribution is 0.157. The molecule has 0 aromatic heterocycles. The lowest BCUT2D eigenvalue weighted by Gasteiger charge is -2.15. The highest BCUT2D eigenvalue weighted by Gasteiger charge is 2.05. The minimum absolute atomic E-state index is 0.742. The van der Waals surface area contributed by atoms with E-state index in [1.54, 1.807) is 6.21 Å². The quantitative estimate of drug-likeness (QED) is 0.488. The van der Waals surface area contributed by atoms with Gasteiger partial charge in [-0.3, -0.25) is 0 Å². The minimum atomic E-state index is -0.742. The maximum atomic E-state index is 8.85. The van der Waals surface area contributed by atoms with Gasteiger partial charge >= 0.3 is 0 Å². The third-order valence-corrected chi connectivity index (χ3v) is 1.35. The highest BCUT2D eigenvalue weighted by molar-refractivity contribution is 5.79. The summed E-state index contributed by atoms with van der Waals surface area (Å²) in [5.74, 6) is 0. The number of rotatable bonds is 0. The molecular weight excluding hydrogens is 116 g/mol. The molecule has 50 valence electrons. The maximum absolute atomic E-state index is 8.85. The predicted octanol–water partition coefficient (Wildman–Crippen LogP) is 0.230. The third-order valence-electron chi connectivity index (χ3n) is 1.35. The summed E-state index contributed by atoms with van der Waals surface area (Å²) in [5.41, 5.74) is 2.05. The van der Waals surface area contributed by atoms with Gasteiger partial charge in [-0.2, -0.15) is 0 Å². The molecule has 0 aliphatic carbocycles. The van der Waals surface area contributed by atoms with Gasteiger partial charge in [-0.15, -0.1) is 0 Å². The molecule has 0 amide bonds. The first kappa shape index (κ1) is 6.29. The van der Waals surface area contributed by atoms with E-state index in [4.69, 9.17) is 5.11 Å². The number of allylic oxidation sites excluding steroid dienone is 2. The van der Waals surface area contributed by atoms with Gasteiger partial charge in [0, 0.05) is 11.9 Å². The summed E-state index contributed by atoms with van der Waals surface area (Å²) in [6.07, 6.45) is 0.921. The van der Waals surface area contributed by atoms with Crippen molar-refractivity contribution in [2.24, 2.45) is 4.99 Å². The van der Waals surface area contributed by atoms with Gasteiger partial charge in [0.05, 0.1) is 0 Å². The Hall–Kier alpha value is -0.830. The topological polar surface area (TPSA) is 44.6 Å². The summed E-state index contributed by atoms with van der Waals surface area (Å²) in [6, 6.07) is 0. The molecule has 9 heavy (non-hydrogen) atoms. The van der Waals surface area contributed by atoms with Crippen LogP contribution < -0.4 is 5.32 Å². The average Bonchev–Trinajstić information content (AvgIpc) is 1.80. The maximum Gasteiger partial charge on any atom is 0.222 e. The Bertz CT molecular complexity index is 172. The highest BCUT2D eigenvalue weighted by atomic mass is 16.3. The fraction of sp³-hybridized carbons (Fsp3) is 0.500. The van der Waals surface area contributed by atoms with Crippen molar-refractivity contribution in [3.05, 3.63) is 11.3 Å². The molecule has 0 bridgehead atoms. The summed E-state index contributed by atoms with van der Waals surface area (Å²) < 4.78 is 0. The van der Waals surface area contributed by atoms with E-state index in [-0.39, 0.29) is 0 Å². The van der Waals surface area contributed by atoms with Gasteiger partial charge in [0.25, 0.3) is 0 Å². The van der Waals surface area contributed by atoms with Gasteiger partial charge in [-0.1, -0.05) is 0 Å². The molecule has 1 aliphatic heterocycles. The number of nitrogens with one attached hydrogen (secondary N) is 1. The first-order valence-corrected chi connectivity index (χ1v) is 2.85. The van der Waals surface area contributed by atoms with Crippen LogP contribution in [0.4, 0.5) is 0 Å². The van der Waals surface area contributed by atoms with Crippen molar-refractivity contribution in [1.29, 1.82) is 0 Å². The zero-order valence-electron chi connectivity index (χ0n) is 5.55. The minimum Gasteiger partial charge on any atom is -0.355 e. The van der Waals surface area contributed by atoms with Crippen LogP contribution in [0, 0.1) is 0 Å². The average molecular weight is 126 g/mol. The molecule has 1 heterocycles. The zero-order valence-corrected chi connectivity index (χ0v) is 5.55. The number of aliphatic imine (C=N–C) groups is 1.